The second-order valence-corrected chi connectivity index (χ2v) is 8.86. The average Bonchev–Trinajstić information content (AvgIpc) is 3.17. The summed E-state index contributed by atoms with van der Waals surface area (Å²) < 4.78 is 33.5. The molecule has 1 radical (unpaired) electrons. The van der Waals surface area contributed by atoms with Crippen LogP contribution in [0.2, 0.25) is 0 Å². The van der Waals surface area contributed by atoms with Crippen LogP contribution >= 0.6 is 0 Å². The number of carbonyl (C=O) groups is 1. The minimum absolute atomic E-state index is 0.0659. The van der Waals surface area contributed by atoms with Gasteiger partial charge in [-0.25, -0.2) is 13.8 Å². The molecule has 0 fully saturated rings. The van der Waals surface area contributed by atoms with Crippen molar-refractivity contribution in [3.63, 3.8) is 0 Å². The van der Waals surface area contributed by atoms with Crippen molar-refractivity contribution in [2.75, 3.05) is 20.3 Å². The standard InChI is InChI=1S/C26H31F2N4O2/c1-26(2,25(33)30-12-11-19(29)16-34-3)15-23-31-22(13-17-7-5-4-6-8-17)24(32-23)20-14-18(27)9-10-21(20)28/h4-10,14-15,19H,11-13,16,29H2,1-3H3,(H,30,33)(H,31,32)/t19-/m1/s1. The Labute approximate surface area is 198 Å². The average molecular weight is 470 g/mol. The Morgan fingerprint density at radius 3 is 2.68 bits per heavy atom. The number of imidazole rings is 1. The molecule has 34 heavy (non-hydrogen) atoms. The zero-order valence-electron chi connectivity index (χ0n) is 19.7. The van der Waals surface area contributed by atoms with Gasteiger partial charge in [0.15, 0.2) is 0 Å². The van der Waals surface area contributed by atoms with Crippen LogP contribution in [-0.4, -0.2) is 42.2 Å². The first-order valence-corrected chi connectivity index (χ1v) is 11.2. The van der Waals surface area contributed by atoms with Crippen LogP contribution in [0.1, 0.15) is 37.4 Å². The predicted molar refractivity (Wildman–Crippen MR) is 128 cm³/mol. The Balaban J connectivity index is 1.82. The maximum Gasteiger partial charge on any atom is 0.226 e. The number of nitrogens with zero attached hydrogens (tertiary/aromatic N) is 1. The van der Waals surface area contributed by atoms with E-state index in [0.717, 1.165) is 23.8 Å². The highest BCUT2D eigenvalue weighted by Gasteiger charge is 2.30. The molecule has 0 aliphatic rings. The monoisotopic (exact) mass is 469 g/mol. The first kappa shape index (κ1) is 25.5. The van der Waals surface area contributed by atoms with Gasteiger partial charge in [0.05, 0.1) is 17.7 Å². The Kier molecular flexibility index (Phi) is 8.52. The molecule has 0 saturated heterocycles. The molecule has 0 aliphatic heterocycles. The first-order valence-electron chi connectivity index (χ1n) is 11.2. The summed E-state index contributed by atoms with van der Waals surface area (Å²) in [4.78, 5) is 20.5. The smallest absolute Gasteiger partial charge is 0.226 e. The fourth-order valence-electron chi connectivity index (χ4n) is 3.63. The number of rotatable bonds is 11. The third-order valence-corrected chi connectivity index (χ3v) is 5.47. The summed E-state index contributed by atoms with van der Waals surface area (Å²) >= 11 is 0. The van der Waals surface area contributed by atoms with Crippen molar-refractivity contribution < 1.29 is 18.3 Å². The minimum atomic E-state index is -0.912. The summed E-state index contributed by atoms with van der Waals surface area (Å²) in [6.07, 6.45) is 2.71. The van der Waals surface area contributed by atoms with Crippen LogP contribution in [-0.2, 0) is 16.0 Å². The van der Waals surface area contributed by atoms with Crippen LogP contribution in [0.15, 0.2) is 48.5 Å². The number of aromatic amines is 1. The van der Waals surface area contributed by atoms with Gasteiger partial charge in [-0.2, -0.15) is 0 Å². The molecule has 6 nitrogen and oxygen atoms in total. The van der Waals surface area contributed by atoms with Crippen LogP contribution in [0.5, 0.6) is 0 Å². The van der Waals surface area contributed by atoms with Crippen LogP contribution < -0.4 is 11.1 Å². The Bertz CT molecular complexity index is 1100. The summed E-state index contributed by atoms with van der Waals surface area (Å²) in [6.45, 7) is 4.36. The predicted octanol–water partition coefficient (Wildman–Crippen LogP) is 4.00. The van der Waals surface area contributed by atoms with Crippen molar-refractivity contribution in [3.8, 4) is 11.3 Å². The lowest BCUT2D eigenvalue weighted by atomic mass is 9.88. The maximum atomic E-state index is 14.6. The summed E-state index contributed by atoms with van der Waals surface area (Å²) in [5.74, 6) is -0.919. The van der Waals surface area contributed by atoms with E-state index in [0.29, 0.717) is 43.2 Å². The van der Waals surface area contributed by atoms with Crippen molar-refractivity contribution in [3.05, 3.63) is 83.7 Å². The van der Waals surface area contributed by atoms with E-state index in [2.05, 4.69) is 15.3 Å². The van der Waals surface area contributed by atoms with E-state index in [1.807, 2.05) is 30.3 Å². The number of amides is 1. The minimum Gasteiger partial charge on any atom is -0.383 e. The number of benzene rings is 2. The molecule has 181 valence electrons. The molecule has 8 heteroatoms. The van der Waals surface area contributed by atoms with Gasteiger partial charge in [0, 0.05) is 43.8 Å². The van der Waals surface area contributed by atoms with Gasteiger partial charge < -0.3 is 20.8 Å². The van der Waals surface area contributed by atoms with E-state index in [-0.39, 0.29) is 17.5 Å². The molecular weight excluding hydrogens is 438 g/mol. The van der Waals surface area contributed by atoms with Gasteiger partial charge >= 0.3 is 0 Å². The van der Waals surface area contributed by atoms with E-state index >= 15 is 0 Å². The molecular formula is C26H31F2N4O2. The summed E-state index contributed by atoms with van der Waals surface area (Å²) in [7, 11) is 1.58. The van der Waals surface area contributed by atoms with E-state index in [4.69, 9.17) is 10.5 Å². The lowest BCUT2D eigenvalue weighted by Gasteiger charge is -2.22. The molecule has 0 aliphatic carbocycles. The van der Waals surface area contributed by atoms with Crippen molar-refractivity contribution in [1.29, 1.82) is 0 Å². The zero-order valence-corrected chi connectivity index (χ0v) is 19.7. The first-order chi connectivity index (χ1) is 16.2. The lowest BCUT2D eigenvalue weighted by molar-refractivity contribution is -0.127. The molecule has 1 atom stereocenters. The SMILES string of the molecule is COC[C@H](N)CCNC(=O)C(C)(C)[CH]c1nc(-c2cc(F)ccc2F)c(Cc2ccccc2)[nH]1. The van der Waals surface area contributed by atoms with Crippen LogP contribution in [0, 0.1) is 23.5 Å². The van der Waals surface area contributed by atoms with Crippen molar-refractivity contribution >= 4 is 5.91 Å². The number of nitrogens with two attached hydrogens (primary N) is 1. The fourth-order valence-corrected chi connectivity index (χ4v) is 3.63. The Morgan fingerprint density at radius 1 is 1.24 bits per heavy atom. The number of methoxy groups -OCH3 is 1. The molecule has 1 aromatic heterocycles. The number of aromatic nitrogens is 2. The van der Waals surface area contributed by atoms with Crippen molar-refractivity contribution in [2.24, 2.45) is 11.1 Å². The molecule has 0 unspecified atom stereocenters. The molecule has 3 rings (SSSR count). The van der Waals surface area contributed by atoms with Crippen molar-refractivity contribution in [1.82, 2.24) is 15.3 Å². The molecule has 0 spiro atoms. The van der Waals surface area contributed by atoms with Crippen molar-refractivity contribution in [2.45, 2.75) is 32.7 Å². The number of hydrogen-bond donors (Lipinski definition) is 3. The molecule has 0 bridgehead atoms. The van der Waals surface area contributed by atoms with Gasteiger partial charge in [0.25, 0.3) is 0 Å². The van der Waals surface area contributed by atoms with Gasteiger partial charge in [-0.3, -0.25) is 4.79 Å². The highest BCUT2D eigenvalue weighted by molar-refractivity contribution is 5.83. The Morgan fingerprint density at radius 2 is 1.97 bits per heavy atom. The van der Waals surface area contributed by atoms with E-state index < -0.39 is 17.0 Å². The Hall–Kier alpha value is -3.10. The summed E-state index contributed by atoms with van der Waals surface area (Å²) in [6, 6.07) is 12.7. The molecule has 4 N–H and O–H groups in total. The molecule has 2 aromatic carbocycles. The highest BCUT2D eigenvalue weighted by Crippen LogP contribution is 2.30. The highest BCUT2D eigenvalue weighted by atomic mass is 19.1. The zero-order chi connectivity index (χ0) is 24.7. The third-order valence-electron chi connectivity index (χ3n) is 5.47. The van der Waals surface area contributed by atoms with Gasteiger partial charge in [0.2, 0.25) is 5.91 Å². The van der Waals surface area contributed by atoms with Crippen LogP contribution in [0.4, 0.5) is 8.78 Å². The lowest BCUT2D eigenvalue weighted by Crippen LogP contribution is -2.40. The van der Waals surface area contributed by atoms with Gasteiger partial charge in [0.1, 0.15) is 17.5 Å². The second-order valence-electron chi connectivity index (χ2n) is 8.86. The molecule has 1 heterocycles. The topological polar surface area (TPSA) is 93.0 Å². The maximum absolute atomic E-state index is 14.6. The molecule has 1 amide bonds. The molecule has 3 aromatic rings. The fraction of sp³-hybridized carbons (Fsp3) is 0.346. The van der Waals surface area contributed by atoms with E-state index in [1.165, 1.54) is 0 Å². The quantitative estimate of drug-likeness (QED) is 0.396. The van der Waals surface area contributed by atoms with Crippen LogP contribution in [0.3, 0.4) is 0 Å². The largest absolute Gasteiger partial charge is 0.383 e. The van der Waals surface area contributed by atoms with E-state index in [1.54, 1.807) is 27.4 Å². The second kappa shape index (κ2) is 11.4. The summed E-state index contributed by atoms with van der Waals surface area (Å²) in [5, 5.41) is 2.89. The number of H-pyrrole nitrogens is 1. The van der Waals surface area contributed by atoms with Gasteiger partial charge in [-0.05, 0) is 30.2 Å². The number of halogens is 2. The number of nitrogens with one attached hydrogen (secondary N) is 2. The van der Waals surface area contributed by atoms with Crippen LogP contribution in [0.25, 0.3) is 11.3 Å². The normalized spacial score (nSPS) is 12.5. The van der Waals surface area contributed by atoms with E-state index in [9.17, 15) is 13.6 Å². The molecule has 0 saturated carbocycles. The number of ether oxygens (including phenoxy) is 1. The number of hydrogen-bond acceptors (Lipinski definition) is 4. The third kappa shape index (κ3) is 6.71. The summed E-state index contributed by atoms with van der Waals surface area (Å²) in [5.41, 5.74) is 6.99. The van der Waals surface area contributed by atoms with Gasteiger partial charge in [-0.1, -0.05) is 44.2 Å². The number of carbonyl (C=O) groups excluding carboxylic acids is 1. The van der Waals surface area contributed by atoms with Gasteiger partial charge in [-0.15, -0.1) is 0 Å².